The zero-order valence-corrected chi connectivity index (χ0v) is 59.8. The van der Waals surface area contributed by atoms with Crippen LogP contribution in [0.1, 0.15) is 174 Å². The van der Waals surface area contributed by atoms with Gasteiger partial charge in [-0.15, -0.1) is 0 Å². The molecule has 24 nitrogen and oxygen atoms in total. The summed E-state index contributed by atoms with van der Waals surface area (Å²) in [4.78, 5) is 188. The van der Waals surface area contributed by atoms with E-state index >= 15 is 14.4 Å². The fraction of sp³-hybridized carbons (Fsp3) is 0.739. The van der Waals surface area contributed by atoms with Gasteiger partial charge in [0.15, 0.2) is 0 Å². The molecule has 2 aliphatic carbocycles. The van der Waals surface area contributed by atoms with Crippen molar-refractivity contribution in [1.82, 2.24) is 60.0 Å². The molecule has 2 saturated carbocycles. The maximum absolute atomic E-state index is 15.3. The second kappa shape index (κ2) is 35.1. The van der Waals surface area contributed by atoms with E-state index in [4.69, 9.17) is 11.6 Å². The number of likely N-dealkylation sites (N-methyl/N-ethyl adjacent to an activating group) is 7. The van der Waals surface area contributed by atoms with Gasteiger partial charge in [-0.3, -0.25) is 57.5 Å². The third-order valence-corrected chi connectivity index (χ3v) is 21.0. The van der Waals surface area contributed by atoms with E-state index < -0.39 is 167 Å². The number of benzene rings is 1. The quantitative estimate of drug-likeness (QED) is 0.256. The smallest absolute Gasteiger partial charge is 0.343 e. The zero-order chi connectivity index (χ0) is 72.0. The fourth-order valence-corrected chi connectivity index (χ4v) is 14.7. The molecule has 8 atom stereocenters. The zero-order valence-electron chi connectivity index (χ0n) is 59.0. The summed E-state index contributed by atoms with van der Waals surface area (Å²) in [6.45, 7) is 8.08. The Morgan fingerprint density at radius 2 is 1.24 bits per heavy atom. The van der Waals surface area contributed by atoms with Crippen LogP contribution in [0.15, 0.2) is 18.2 Å². The Labute approximate surface area is 575 Å². The van der Waals surface area contributed by atoms with Gasteiger partial charge in [-0.25, -0.2) is 0 Å². The molecule has 0 unspecified atom stereocenters. The molecule has 3 heterocycles. The lowest BCUT2D eigenvalue weighted by atomic mass is 9.84. The molecule has 3 N–H and O–H groups in total. The molecule has 1 aromatic rings. The fourth-order valence-electron chi connectivity index (χ4n) is 14.4. The number of fused-ring (bicyclic) bond motifs is 1. The Morgan fingerprint density at radius 3 is 1.84 bits per heavy atom. The van der Waals surface area contributed by atoms with E-state index in [2.05, 4.69) is 16.0 Å². The summed E-state index contributed by atoms with van der Waals surface area (Å²) < 4.78 is 41.5. The number of hydrogen-bond acceptors (Lipinski definition) is 12. The number of nitrogens with one attached hydrogen (secondary N) is 3. The molecule has 12 amide bonds. The Balaban J connectivity index is 1.40. The van der Waals surface area contributed by atoms with E-state index in [0.717, 1.165) is 65.4 Å². The number of hydrogen-bond donors (Lipinski definition) is 3. The van der Waals surface area contributed by atoms with Gasteiger partial charge in [0.05, 0.1) is 36.6 Å². The molecular formula is C69H106ClF3N12O12. The highest BCUT2D eigenvalue weighted by Crippen LogP contribution is 2.37. The predicted molar refractivity (Wildman–Crippen MR) is 357 cm³/mol. The van der Waals surface area contributed by atoms with Gasteiger partial charge in [-0.1, -0.05) is 104 Å². The standard InChI is InChI=1S/C69H106ClF3N12O12/c1-13-44(5)59-66(96)79(8)41-57(88)77(6)42-58(89)81(10)53(38-45-24-17-15-18-25-45)63(93)78(7)40-55(86)74-49(30-28-46-27-29-47(48(70)37-46)69(71,72)73)62(92)85-35-23-26-51(85)61(91)76-68(31-19-20-32-68)67(97)83(12)50(14-2)64(94)82(11)54(65(95)84-33-21-16-22-34-84)39-56(87)80(9)52(36-43(3)4)60(90)75-59/h27,29,37,43-45,49-54,59H,13-26,28,30-36,38-42H2,1-12H3,(H,74,86)(H,75,90)(H,76,91)/t44-,49-,50-,51-,52-,53-,54-,59-/m0/s1. The Kier molecular flexibility index (Phi) is 28.6. The summed E-state index contributed by atoms with van der Waals surface area (Å²) in [7, 11) is 9.83. The van der Waals surface area contributed by atoms with E-state index in [1.54, 1.807) is 18.7 Å². The van der Waals surface area contributed by atoms with Crippen LogP contribution in [0.5, 0.6) is 0 Å². The number of nitrogens with zero attached hydrogens (tertiary/aromatic N) is 9. The molecule has 0 bridgehead atoms. The summed E-state index contributed by atoms with van der Waals surface area (Å²) in [5, 5.41) is 8.06. The number of alkyl halides is 3. The first-order chi connectivity index (χ1) is 45.7. The van der Waals surface area contributed by atoms with Gasteiger partial charge in [0.2, 0.25) is 70.9 Å². The maximum Gasteiger partial charge on any atom is 0.417 e. The van der Waals surface area contributed by atoms with Gasteiger partial charge in [0, 0.05) is 69.0 Å². The van der Waals surface area contributed by atoms with Gasteiger partial charge in [-0.2, -0.15) is 13.2 Å². The van der Waals surface area contributed by atoms with E-state index in [1.165, 1.54) is 79.9 Å². The number of rotatable bonds is 11. The number of carbonyl (C=O) groups is 12. The molecule has 1 aromatic carbocycles. The minimum absolute atomic E-state index is 0.0197. The van der Waals surface area contributed by atoms with Gasteiger partial charge < -0.3 is 60.0 Å². The van der Waals surface area contributed by atoms with Crippen LogP contribution < -0.4 is 16.0 Å². The molecule has 3 saturated heterocycles. The van der Waals surface area contributed by atoms with E-state index in [-0.39, 0.29) is 69.7 Å². The third-order valence-electron chi connectivity index (χ3n) is 20.7. The van der Waals surface area contributed by atoms with Crippen molar-refractivity contribution >= 4 is 82.5 Å². The lowest BCUT2D eigenvalue weighted by Crippen LogP contribution is -2.64. The summed E-state index contributed by atoms with van der Waals surface area (Å²) in [5.74, 6) is -8.51. The summed E-state index contributed by atoms with van der Waals surface area (Å²) in [6, 6.07) is -5.60. The second-order valence-corrected chi connectivity index (χ2v) is 28.7. The first-order valence-electron chi connectivity index (χ1n) is 34.8. The van der Waals surface area contributed by atoms with Crippen LogP contribution in [0.4, 0.5) is 13.2 Å². The van der Waals surface area contributed by atoms with Crippen LogP contribution in [0.25, 0.3) is 0 Å². The highest BCUT2D eigenvalue weighted by Gasteiger charge is 2.50. The largest absolute Gasteiger partial charge is 0.417 e. The topological polar surface area (TPSA) is 270 Å². The first kappa shape index (κ1) is 78.9. The summed E-state index contributed by atoms with van der Waals surface area (Å²) in [6.07, 6.45) is 3.56. The van der Waals surface area contributed by atoms with Crippen molar-refractivity contribution < 1.29 is 70.7 Å². The predicted octanol–water partition coefficient (Wildman–Crippen LogP) is 5.25. The number of likely N-dealkylation sites (tertiary alicyclic amines) is 1. The average Bonchev–Trinajstić information content (AvgIpc) is 1.74. The lowest BCUT2D eigenvalue weighted by molar-refractivity contribution is -0.155. The number of amides is 12. The van der Waals surface area contributed by atoms with E-state index in [1.807, 2.05) is 20.8 Å². The van der Waals surface area contributed by atoms with Crippen molar-refractivity contribution in [2.24, 2.45) is 17.8 Å². The molecule has 97 heavy (non-hydrogen) atoms. The summed E-state index contributed by atoms with van der Waals surface area (Å²) in [5.41, 5.74) is -2.34. The van der Waals surface area contributed by atoms with E-state index in [9.17, 15) is 56.3 Å². The van der Waals surface area contributed by atoms with Crippen molar-refractivity contribution in [3.8, 4) is 0 Å². The van der Waals surface area contributed by atoms with Crippen molar-refractivity contribution in [3.05, 3.63) is 34.3 Å². The molecule has 5 aliphatic rings. The normalized spacial score (nSPS) is 26.3. The van der Waals surface area contributed by atoms with Crippen molar-refractivity contribution in [1.29, 1.82) is 0 Å². The third kappa shape index (κ3) is 20.1. The van der Waals surface area contributed by atoms with Crippen molar-refractivity contribution in [2.75, 3.05) is 88.6 Å². The molecule has 3 aliphatic heterocycles. The van der Waals surface area contributed by atoms with Crippen LogP contribution in [0, 0.1) is 17.8 Å². The first-order valence-corrected chi connectivity index (χ1v) is 35.2. The SMILES string of the molecule is CC[C@H](C)[C@@H]1NC(=O)[C@H](CC(C)C)N(C)C(=O)C[C@@H](C(=O)N2CCCCC2)N(C)C(=O)[C@H](CC)N(C)C(=O)C2(CCCC2)NC(=O)[C@@H]2CCCN2C(=O)[C@H](CCc2ccc(C(F)(F)F)c(Cl)c2)NC(=O)CN(C)C(=O)[C@H](CC2CCCCC2)N(C)C(=O)CN(C)C(=O)CN(C)C1=O. The van der Waals surface area contributed by atoms with Gasteiger partial charge >= 0.3 is 6.18 Å². The van der Waals surface area contributed by atoms with Gasteiger partial charge in [0.25, 0.3) is 0 Å². The summed E-state index contributed by atoms with van der Waals surface area (Å²) >= 11 is 6.13. The van der Waals surface area contributed by atoms with E-state index in [0.29, 0.717) is 57.2 Å². The molecule has 5 fully saturated rings. The molecule has 542 valence electrons. The maximum atomic E-state index is 15.3. The lowest BCUT2D eigenvalue weighted by Gasteiger charge is -2.40. The van der Waals surface area contributed by atoms with Crippen molar-refractivity contribution in [3.63, 3.8) is 0 Å². The number of halogens is 4. The van der Waals surface area contributed by atoms with Crippen LogP contribution in [-0.2, 0) is 70.1 Å². The van der Waals surface area contributed by atoms with Crippen LogP contribution in [-0.4, -0.2) is 251 Å². The highest BCUT2D eigenvalue weighted by atomic mass is 35.5. The Morgan fingerprint density at radius 1 is 0.629 bits per heavy atom. The van der Waals surface area contributed by atoms with Crippen LogP contribution in [0.2, 0.25) is 5.02 Å². The molecule has 1 spiro atoms. The Bertz CT molecular complexity index is 3010. The Hall–Kier alpha value is -7.06. The monoisotopic (exact) mass is 1390 g/mol. The van der Waals surface area contributed by atoms with Gasteiger partial charge in [0.1, 0.15) is 47.8 Å². The second-order valence-electron chi connectivity index (χ2n) is 28.3. The molecular weight excluding hydrogens is 1280 g/mol. The highest BCUT2D eigenvalue weighted by molar-refractivity contribution is 6.31. The van der Waals surface area contributed by atoms with Crippen LogP contribution in [0.3, 0.4) is 0 Å². The van der Waals surface area contributed by atoms with Crippen LogP contribution >= 0.6 is 11.6 Å². The minimum Gasteiger partial charge on any atom is -0.343 e. The number of aryl methyl sites for hydroxylation is 1. The molecule has 0 aromatic heterocycles. The average molecular weight is 1390 g/mol. The minimum atomic E-state index is -4.76. The van der Waals surface area contributed by atoms with Crippen molar-refractivity contribution in [2.45, 2.75) is 223 Å². The number of piperidine rings is 1. The molecule has 28 heteroatoms. The molecule has 0 radical (unpaired) electrons. The van der Waals surface area contributed by atoms with Gasteiger partial charge in [-0.05, 0) is 112 Å². The molecule has 6 rings (SSSR count). The number of carbonyl (C=O) groups excluding carboxylic acids is 12.